The third-order valence-electron chi connectivity index (χ3n) is 4.48. The van der Waals surface area contributed by atoms with Crippen LogP contribution < -0.4 is 10.5 Å². The van der Waals surface area contributed by atoms with E-state index in [2.05, 4.69) is 19.1 Å². The van der Waals surface area contributed by atoms with Crippen molar-refractivity contribution < 1.29 is 9.53 Å². The fourth-order valence-corrected chi connectivity index (χ4v) is 3.08. The van der Waals surface area contributed by atoms with Gasteiger partial charge in [0.05, 0.1) is 0 Å². The van der Waals surface area contributed by atoms with Crippen molar-refractivity contribution in [3.8, 4) is 5.75 Å². The second-order valence-electron chi connectivity index (χ2n) is 6.45. The molecule has 2 aromatic carbocycles. The van der Waals surface area contributed by atoms with Gasteiger partial charge in [0.2, 0.25) is 0 Å². The zero-order valence-electron chi connectivity index (χ0n) is 14.1. The minimum Gasteiger partial charge on any atom is -0.489 e. The molecule has 3 rings (SSSR count). The summed E-state index contributed by atoms with van der Waals surface area (Å²) in [5.41, 5.74) is 8.72. The number of ether oxygens (including phenoxy) is 1. The third kappa shape index (κ3) is 3.95. The number of benzene rings is 2. The van der Waals surface area contributed by atoms with E-state index in [9.17, 15) is 4.79 Å². The summed E-state index contributed by atoms with van der Waals surface area (Å²) in [4.78, 5) is 14.5. The summed E-state index contributed by atoms with van der Waals surface area (Å²) in [5.74, 6) is 1.21. The van der Waals surface area contributed by atoms with Gasteiger partial charge in [-0.1, -0.05) is 35.9 Å². The number of hydrogen-bond acceptors (Lipinski definition) is 3. The largest absolute Gasteiger partial charge is 0.489 e. The van der Waals surface area contributed by atoms with Crippen LogP contribution in [0.5, 0.6) is 5.75 Å². The highest BCUT2D eigenvalue weighted by Crippen LogP contribution is 2.21. The molecule has 2 aromatic rings. The quantitative estimate of drug-likeness (QED) is 0.920. The van der Waals surface area contributed by atoms with Gasteiger partial charge < -0.3 is 15.4 Å². The number of nitrogens with two attached hydrogens (primary N) is 1. The maximum atomic E-state index is 12.6. The van der Waals surface area contributed by atoms with Gasteiger partial charge in [0.1, 0.15) is 12.4 Å². The molecule has 1 unspecified atom stereocenters. The van der Waals surface area contributed by atoms with Crippen molar-refractivity contribution in [2.45, 2.75) is 20.0 Å². The number of hydrogen-bond donors (Lipinski definition) is 1. The van der Waals surface area contributed by atoms with Crippen molar-refractivity contribution in [3.05, 3.63) is 65.2 Å². The van der Waals surface area contributed by atoms with Gasteiger partial charge >= 0.3 is 0 Å². The second-order valence-corrected chi connectivity index (χ2v) is 6.45. The van der Waals surface area contributed by atoms with Crippen LogP contribution in [0, 0.1) is 12.8 Å². The first-order valence-electron chi connectivity index (χ1n) is 8.43. The summed E-state index contributed by atoms with van der Waals surface area (Å²) in [5, 5.41) is 0. The Morgan fingerprint density at radius 2 is 2.08 bits per heavy atom. The third-order valence-corrected chi connectivity index (χ3v) is 4.48. The number of carbonyl (C=O) groups excluding carboxylic acids is 1. The Hall–Kier alpha value is -2.33. The van der Waals surface area contributed by atoms with E-state index in [1.165, 1.54) is 5.56 Å². The van der Waals surface area contributed by atoms with E-state index in [-0.39, 0.29) is 5.91 Å². The smallest absolute Gasteiger partial charge is 0.253 e. The van der Waals surface area contributed by atoms with Crippen molar-refractivity contribution in [3.63, 3.8) is 0 Å². The van der Waals surface area contributed by atoms with Crippen molar-refractivity contribution >= 4 is 5.91 Å². The Balaban J connectivity index is 1.64. The molecule has 1 amide bonds. The minimum atomic E-state index is 0.0620. The molecular formula is C20H24N2O2. The molecule has 1 aliphatic rings. The van der Waals surface area contributed by atoms with Crippen molar-refractivity contribution in [1.29, 1.82) is 0 Å². The highest BCUT2D eigenvalue weighted by Gasteiger charge is 2.26. The molecule has 126 valence electrons. The molecule has 4 heteroatoms. The Bertz CT molecular complexity index is 714. The van der Waals surface area contributed by atoms with E-state index in [1.807, 2.05) is 41.3 Å². The molecule has 1 heterocycles. The molecule has 2 N–H and O–H groups in total. The lowest BCUT2D eigenvalue weighted by molar-refractivity contribution is 0.0787. The number of nitrogens with zero attached hydrogens (tertiary/aromatic N) is 1. The predicted molar refractivity (Wildman–Crippen MR) is 95.0 cm³/mol. The molecule has 0 saturated carbocycles. The van der Waals surface area contributed by atoms with E-state index < -0.39 is 0 Å². The molecule has 0 aliphatic carbocycles. The molecule has 4 nitrogen and oxygen atoms in total. The zero-order valence-corrected chi connectivity index (χ0v) is 14.1. The first-order valence-corrected chi connectivity index (χ1v) is 8.43. The maximum Gasteiger partial charge on any atom is 0.253 e. The molecule has 0 radical (unpaired) electrons. The van der Waals surface area contributed by atoms with Crippen LogP contribution in [0.25, 0.3) is 0 Å². The fourth-order valence-electron chi connectivity index (χ4n) is 3.08. The van der Waals surface area contributed by atoms with E-state index in [0.29, 0.717) is 24.6 Å². The monoisotopic (exact) mass is 324 g/mol. The number of carbonyl (C=O) groups is 1. The predicted octanol–water partition coefficient (Wildman–Crippen LogP) is 2.99. The Kier molecular flexibility index (Phi) is 5.16. The summed E-state index contributed by atoms with van der Waals surface area (Å²) in [6.45, 7) is 4.74. The van der Waals surface area contributed by atoms with E-state index >= 15 is 0 Å². The van der Waals surface area contributed by atoms with Gasteiger partial charge in [0.15, 0.2) is 0 Å². The van der Waals surface area contributed by atoms with E-state index in [4.69, 9.17) is 10.5 Å². The summed E-state index contributed by atoms with van der Waals surface area (Å²) >= 11 is 0. The summed E-state index contributed by atoms with van der Waals surface area (Å²) in [7, 11) is 0. The van der Waals surface area contributed by atoms with Gasteiger partial charge in [-0.05, 0) is 49.6 Å². The van der Waals surface area contributed by atoms with Crippen LogP contribution >= 0.6 is 0 Å². The first-order chi connectivity index (χ1) is 11.7. The van der Waals surface area contributed by atoms with Crippen molar-refractivity contribution in [1.82, 2.24) is 4.90 Å². The number of rotatable bonds is 5. The van der Waals surface area contributed by atoms with Crippen LogP contribution in [0.15, 0.2) is 48.5 Å². The molecule has 0 bridgehead atoms. The highest BCUT2D eigenvalue weighted by atomic mass is 16.5. The van der Waals surface area contributed by atoms with Gasteiger partial charge in [-0.2, -0.15) is 0 Å². The highest BCUT2D eigenvalue weighted by molar-refractivity contribution is 5.94. The van der Waals surface area contributed by atoms with Crippen LogP contribution in [0.4, 0.5) is 0 Å². The average molecular weight is 324 g/mol. The van der Waals surface area contributed by atoms with Gasteiger partial charge in [-0.3, -0.25) is 4.79 Å². The molecule has 1 saturated heterocycles. The molecule has 1 aliphatic heterocycles. The van der Waals surface area contributed by atoms with Crippen LogP contribution in [-0.2, 0) is 6.61 Å². The average Bonchev–Trinajstić information content (AvgIpc) is 3.09. The standard InChI is InChI=1S/C20H24N2O2/c1-15-4-2-5-16(10-15)14-24-19-7-3-6-18(11-19)20(23)22-9-8-17(12-21)13-22/h2-7,10-11,17H,8-9,12-14,21H2,1H3. The lowest BCUT2D eigenvalue weighted by Gasteiger charge is -2.17. The molecule has 1 atom stereocenters. The van der Waals surface area contributed by atoms with Gasteiger partial charge in [0.25, 0.3) is 5.91 Å². The van der Waals surface area contributed by atoms with Gasteiger partial charge in [-0.25, -0.2) is 0 Å². The SMILES string of the molecule is Cc1cccc(COc2cccc(C(=O)N3CCC(CN)C3)c2)c1. The first kappa shape index (κ1) is 16.5. The van der Waals surface area contributed by atoms with Crippen LogP contribution in [0.2, 0.25) is 0 Å². The van der Waals surface area contributed by atoms with E-state index in [1.54, 1.807) is 0 Å². The zero-order chi connectivity index (χ0) is 16.9. The molecule has 24 heavy (non-hydrogen) atoms. The van der Waals surface area contributed by atoms with Crippen molar-refractivity contribution in [2.75, 3.05) is 19.6 Å². The summed E-state index contributed by atoms with van der Waals surface area (Å²) in [6, 6.07) is 15.7. The number of likely N-dealkylation sites (tertiary alicyclic amines) is 1. The minimum absolute atomic E-state index is 0.0620. The fraction of sp³-hybridized carbons (Fsp3) is 0.350. The van der Waals surface area contributed by atoms with E-state index in [0.717, 1.165) is 30.8 Å². The Morgan fingerprint density at radius 3 is 2.83 bits per heavy atom. The van der Waals surface area contributed by atoms with Crippen LogP contribution in [-0.4, -0.2) is 30.4 Å². The Morgan fingerprint density at radius 1 is 1.25 bits per heavy atom. The van der Waals surface area contributed by atoms with Crippen LogP contribution in [0.3, 0.4) is 0 Å². The Labute approximate surface area is 143 Å². The lowest BCUT2D eigenvalue weighted by Crippen LogP contribution is -2.29. The molecule has 1 fully saturated rings. The molecular weight excluding hydrogens is 300 g/mol. The topological polar surface area (TPSA) is 55.6 Å². The number of amides is 1. The maximum absolute atomic E-state index is 12.6. The van der Waals surface area contributed by atoms with Gasteiger partial charge in [-0.15, -0.1) is 0 Å². The van der Waals surface area contributed by atoms with Gasteiger partial charge in [0, 0.05) is 18.7 Å². The normalized spacial score (nSPS) is 17.1. The van der Waals surface area contributed by atoms with Crippen LogP contribution in [0.1, 0.15) is 27.9 Å². The van der Waals surface area contributed by atoms with Crippen molar-refractivity contribution in [2.24, 2.45) is 11.7 Å². The molecule has 0 spiro atoms. The second kappa shape index (κ2) is 7.49. The lowest BCUT2D eigenvalue weighted by atomic mass is 10.1. The summed E-state index contributed by atoms with van der Waals surface area (Å²) in [6.07, 6.45) is 0.992. The summed E-state index contributed by atoms with van der Waals surface area (Å²) < 4.78 is 5.85. The number of aryl methyl sites for hydroxylation is 1. The molecule has 0 aromatic heterocycles.